The number of nitrogens with zero attached hydrogens (tertiary/aromatic N) is 5. The standard InChI is InChI=1S/C13H17FN6/c1-7-11(14)12(16-8(2)15-7)18-10-5-4-6-20-13(10)17-9(3)19-20/h10H,4-6H2,1-3H3,(H,15,16,18). The predicted molar refractivity (Wildman–Crippen MR) is 71.8 cm³/mol. The molecule has 0 saturated carbocycles. The molecule has 0 aromatic carbocycles. The van der Waals surface area contributed by atoms with Crippen molar-refractivity contribution < 1.29 is 4.39 Å². The number of anilines is 1. The summed E-state index contributed by atoms with van der Waals surface area (Å²) in [6.07, 6.45) is 1.87. The van der Waals surface area contributed by atoms with Crippen LogP contribution in [0.3, 0.4) is 0 Å². The van der Waals surface area contributed by atoms with E-state index in [0.29, 0.717) is 11.5 Å². The number of hydrogen-bond acceptors (Lipinski definition) is 5. The maximum Gasteiger partial charge on any atom is 0.186 e. The van der Waals surface area contributed by atoms with Crippen LogP contribution in [0.15, 0.2) is 0 Å². The van der Waals surface area contributed by atoms with Gasteiger partial charge in [-0.2, -0.15) is 5.10 Å². The molecule has 6 nitrogen and oxygen atoms in total. The van der Waals surface area contributed by atoms with Gasteiger partial charge in [-0.3, -0.25) is 0 Å². The quantitative estimate of drug-likeness (QED) is 0.909. The highest BCUT2D eigenvalue weighted by Crippen LogP contribution is 2.27. The molecule has 1 aliphatic heterocycles. The molecule has 0 radical (unpaired) electrons. The fourth-order valence-electron chi connectivity index (χ4n) is 2.56. The number of halogens is 1. The lowest BCUT2D eigenvalue weighted by atomic mass is 10.1. The van der Waals surface area contributed by atoms with Gasteiger partial charge < -0.3 is 5.32 Å². The molecule has 7 heteroatoms. The number of fused-ring (bicyclic) bond motifs is 1. The van der Waals surface area contributed by atoms with Crippen LogP contribution >= 0.6 is 0 Å². The van der Waals surface area contributed by atoms with Crippen molar-refractivity contribution >= 4 is 5.82 Å². The summed E-state index contributed by atoms with van der Waals surface area (Å²) >= 11 is 0. The Morgan fingerprint density at radius 3 is 2.75 bits per heavy atom. The molecule has 1 aliphatic rings. The van der Waals surface area contributed by atoms with E-state index in [-0.39, 0.29) is 11.9 Å². The Labute approximate surface area is 116 Å². The van der Waals surface area contributed by atoms with Crippen molar-refractivity contribution in [3.8, 4) is 0 Å². The lowest BCUT2D eigenvalue weighted by Gasteiger charge is -2.24. The highest BCUT2D eigenvalue weighted by Gasteiger charge is 2.25. The molecule has 1 unspecified atom stereocenters. The Hall–Kier alpha value is -2.05. The van der Waals surface area contributed by atoms with Gasteiger partial charge in [0, 0.05) is 6.54 Å². The zero-order chi connectivity index (χ0) is 14.3. The molecular formula is C13H17FN6. The summed E-state index contributed by atoms with van der Waals surface area (Å²) < 4.78 is 16.0. The molecule has 2 aromatic rings. The molecule has 2 aromatic heterocycles. The summed E-state index contributed by atoms with van der Waals surface area (Å²) in [6.45, 7) is 6.12. The smallest absolute Gasteiger partial charge is 0.186 e. The van der Waals surface area contributed by atoms with E-state index in [9.17, 15) is 4.39 Å². The Morgan fingerprint density at radius 2 is 1.95 bits per heavy atom. The number of aromatic nitrogens is 5. The van der Waals surface area contributed by atoms with Crippen molar-refractivity contribution in [1.82, 2.24) is 24.7 Å². The zero-order valence-corrected chi connectivity index (χ0v) is 11.8. The fraction of sp³-hybridized carbons (Fsp3) is 0.538. The van der Waals surface area contributed by atoms with Gasteiger partial charge in [0.05, 0.1) is 11.7 Å². The van der Waals surface area contributed by atoms with Gasteiger partial charge >= 0.3 is 0 Å². The van der Waals surface area contributed by atoms with Crippen LogP contribution in [0.25, 0.3) is 0 Å². The van der Waals surface area contributed by atoms with E-state index in [1.165, 1.54) is 0 Å². The van der Waals surface area contributed by atoms with E-state index in [1.54, 1.807) is 13.8 Å². The van der Waals surface area contributed by atoms with E-state index >= 15 is 0 Å². The van der Waals surface area contributed by atoms with Crippen LogP contribution in [0, 0.1) is 26.6 Å². The van der Waals surface area contributed by atoms with Gasteiger partial charge in [0.2, 0.25) is 0 Å². The first-order valence-electron chi connectivity index (χ1n) is 6.73. The van der Waals surface area contributed by atoms with Crippen molar-refractivity contribution in [2.45, 2.75) is 46.2 Å². The molecule has 0 spiro atoms. The lowest BCUT2D eigenvalue weighted by Crippen LogP contribution is -2.24. The first kappa shape index (κ1) is 13.0. The molecule has 106 valence electrons. The highest BCUT2D eigenvalue weighted by atomic mass is 19.1. The van der Waals surface area contributed by atoms with Gasteiger partial charge in [-0.15, -0.1) is 0 Å². The Bertz CT molecular complexity index is 651. The molecule has 3 rings (SSSR count). The molecule has 0 aliphatic carbocycles. The van der Waals surface area contributed by atoms with Gasteiger partial charge in [-0.25, -0.2) is 24.0 Å². The molecule has 0 bridgehead atoms. The minimum absolute atomic E-state index is 0.0619. The van der Waals surface area contributed by atoms with Crippen molar-refractivity contribution in [1.29, 1.82) is 0 Å². The normalized spacial score (nSPS) is 17.9. The SMILES string of the molecule is Cc1nc(C)c(F)c(NC2CCCn3nc(C)nc32)n1. The minimum atomic E-state index is -0.399. The van der Waals surface area contributed by atoms with Crippen molar-refractivity contribution in [3.05, 3.63) is 29.0 Å². The summed E-state index contributed by atoms with van der Waals surface area (Å²) in [4.78, 5) is 12.6. The largest absolute Gasteiger partial charge is 0.358 e. The maximum atomic E-state index is 14.1. The molecular weight excluding hydrogens is 259 g/mol. The molecule has 1 atom stereocenters. The molecule has 20 heavy (non-hydrogen) atoms. The average molecular weight is 276 g/mol. The number of rotatable bonds is 2. The minimum Gasteiger partial charge on any atom is -0.358 e. The molecule has 1 N–H and O–H groups in total. The summed E-state index contributed by atoms with van der Waals surface area (Å²) in [5.74, 6) is 1.99. The lowest BCUT2D eigenvalue weighted by molar-refractivity contribution is 0.435. The Balaban J connectivity index is 1.93. The van der Waals surface area contributed by atoms with Gasteiger partial charge in [-0.1, -0.05) is 0 Å². The number of nitrogens with one attached hydrogen (secondary N) is 1. The maximum absolute atomic E-state index is 14.1. The number of hydrogen-bond donors (Lipinski definition) is 1. The summed E-state index contributed by atoms with van der Waals surface area (Å²) in [5.41, 5.74) is 0.355. The van der Waals surface area contributed by atoms with Gasteiger partial charge in [0.1, 0.15) is 17.5 Å². The van der Waals surface area contributed by atoms with E-state index in [2.05, 4.69) is 25.4 Å². The second-order valence-corrected chi connectivity index (χ2v) is 5.10. The van der Waals surface area contributed by atoms with E-state index in [1.807, 2.05) is 11.6 Å². The summed E-state index contributed by atoms with van der Waals surface area (Å²) in [6, 6.07) is -0.0619. The van der Waals surface area contributed by atoms with E-state index < -0.39 is 5.82 Å². The monoisotopic (exact) mass is 276 g/mol. The van der Waals surface area contributed by atoms with Crippen molar-refractivity contribution in [2.75, 3.05) is 5.32 Å². The van der Waals surface area contributed by atoms with Crippen LogP contribution in [0.4, 0.5) is 10.2 Å². The Morgan fingerprint density at radius 1 is 1.15 bits per heavy atom. The topological polar surface area (TPSA) is 68.5 Å². The zero-order valence-electron chi connectivity index (χ0n) is 11.8. The second-order valence-electron chi connectivity index (χ2n) is 5.10. The third kappa shape index (κ3) is 2.23. The van der Waals surface area contributed by atoms with Gasteiger partial charge in [0.15, 0.2) is 11.6 Å². The van der Waals surface area contributed by atoms with E-state index in [0.717, 1.165) is 31.0 Å². The molecule has 3 heterocycles. The number of aryl methyl sites for hydroxylation is 4. The van der Waals surface area contributed by atoms with Gasteiger partial charge in [0.25, 0.3) is 0 Å². The summed E-state index contributed by atoms with van der Waals surface area (Å²) in [7, 11) is 0. The second kappa shape index (κ2) is 4.81. The fourth-order valence-corrected chi connectivity index (χ4v) is 2.56. The van der Waals surface area contributed by atoms with Crippen LogP contribution < -0.4 is 5.32 Å². The molecule has 0 amide bonds. The van der Waals surface area contributed by atoms with Crippen molar-refractivity contribution in [2.24, 2.45) is 0 Å². The summed E-state index contributed by atoms with van der Waals surface area (Å²) in [5, 5.41) is 7.49. The van der Waals surface area contributed by atoms with Crippen LogP contribution in [-0.2, 0) is 6.54 Å². The average Bonchev–Trinajstić information content (AvgIpc) is 2.76. The molecule has 0 saturated heterocycles. The van der Waals surface area contributed by atoms with Crippen LogP contribution in [-0.4, -0.2) is 24.7 Å². The third-order valence-corrected chi connectivity index (χ3v) is 3.42. The first-order chi connectivity index (χ1) is 9.54. The van der Waals surface area contributed by atoms with E-state index in [4.69, 9.17) is 0 Å². The highest BCUT2D eigenvalue weighted by molar-refractivity contribution is 5.40. The van der Waals surface area contributed by atoms with Crippen LogP contribution in [0.5, 0.6) is 0 Å². The first-order valence-corrected chi connectivity index (χ1v) is 6.73. The Kier molecular flexibility index (Phi) is 3.11. The molecule has 0 fully saturated rings. The third-order valence-electron chi connectivity index (χ3n) is 3.42. The van der Waals surface area contributed by atoms with Crippen LogP contribution in [0.1, 0.15) is 42.1 Å². The van der Waals surface area contributed by atoms with Crippen LogP contribution in [0.2, 0.25) is 0 Å². The predicted octanol–water partition coefficient (Wildman–Crippen LogP) is 2.08. The van der Waals surface area contributed by atoms with Crippen molar-refractivity contribution in [3.63, 3.8) is 0 Å². The van der Waals surface area contributed by atoms with Gasteiger partial charge in [-0.05, 0) is 33.6 Å².